The van der Waals surface area contributed by atoms with Gasteiger partial charge in [0.1, 0.15) is 5.75 Å². The highest BCUT2D eigenvalue weighted by molar-refractivity contribution is 6.04. The third-order valence-electron chi connectivity index (χ3n) is 2.57. The molecule has 0 saturated heterocycles. The standard InChI is InChI=1S/C14H14N2O3/c1-18-11-7-5-10(6-8-11)14(17)16-13-12(19-2)4-3-9-15-13/h3-9H,1-2H3,(H,15,16,17). The smallest absolute Gasteiger partial charge is 0.256 e. The van der Waals surface area contributed by atoms with Crippen molar-refractivity contribution in [3.05, 3.63) is 48.2 Å². The SMILES string of the molecule is COc1ccc(C(=O)Nc2ncccc2OC)cc1. The van der Waals surface area contributed by atoms with E-state index in [0.717, 1.165) is 0 Å². The summed E-state index contributed by atoms with van der Waals surface area (Å²) in [5.41, 5.74) is 0.522. The highest BCUT2D eigenvalue weighted by Crippen LogP contribution is 2.21. The van der Waals surface area contributed by atoms with Gasteiger partial charge in [0, 0.05) is 11.8 Å². The minimum Gasteiger partial charge on any atom is -0.497 e. The Hall–Kier alpha value is -2.56. The van der Waals surface area contributed by atoms with Crippen LogP contribution in [0.1, 0.15) is 10.4 Å². The van der Waals surface area contributed by atoms with Crippen LogP contribution in [0.4, 0.5) is 5.82 Å². The van der Waals surface area contributed by atoms with E-state index in [0.29, 0.717) is 22.9 Å². The number of methoxy groups -OCH3 is 2. The van der Waals surface area contributed by atoms with Crippen molar-refractivity contribution in [3.8, 4) is 11.5 Å². The molecule has 0 fully saturated rings. The lowest BCUT2D eigenvalue weighted by molar-refractivity contribution is 0.102. The minimum atomic E-state index is -0.250. The van der Waals surface area contributed by atoms with Crippen molar-refractivity contribution in [1.29, 1.82) is 0 Å². The number of nitrogens with zero attached hydrogens (tertiary/aromatic N) is 1. The van der Waals surface area contributed by atoms with E-state index in [2.05, 4.69) is 10.3 Å². The molecule has 0 aliphatic heterocycles. The van der Waals surface area contributed by atoms with E-state index < -0.39 is 0 Å². The summed E-state index contributed by atoms with van der Waals surface area (Å²) >= 11 is 0. The molecule has 1 aromatic carbocycles. The predicted octanol–water partition coefficient (Wildman–Crippen LogP) is 2.35. The summed E-state index contributed by atoms with van der Waals surface area (Å²) in [6, 6.07) is 10.3. The van der Waals surface area contributed by atoms with Crippen LogP contribution in [0.5, 0.6) is 11.5 Å². The first-order valence-electron chi connectivity index (χ1n) is 5.69. The van der Waals surface area contributed by atoms with Crippen molar-refractivity contribution in [2.75, 3.05) is 19.5 Å². The molecule has 0 spiro atoms. The number of amides is 1. The fourth-order valence-electron chi connectivity index (χ4n) is 1.57. The van der Waals surface area contributed by atoms with Gasteiger partial charge >= 0.3 is 0 Å². The van der Waals surface area contributed by atoms with Gasteiger partial charge in [0.25, 0.3) is 5.91 Å². The molecule has 0 unspecified atom stereocenters. The number of benzene rings is 1. The normalized spacial score (nSPS) is 9.79. The highest BCUT2D eigenvalue weighted by atomic mass is 16.5. The van der Waals surface area contributed by atoms with Crippen LogP contribution in [0.15, 0.2) is 42.6 Å². The fraction of sp³-hybridized carbons (Fsp3) is 0.143. The second-order valence-corrected chi connectivity index (χ2v) is 3.74. The average molecular weight is 258 g/mol. The molecule has 0 atom stereocenters. The van der Waals surface area contributed by atoms with Crippen LogP contribution in [0.2, 0.25) is 0 Å². The summed E-state index contributed by atoms with van der Waals surface area (Å²) < 4.78 is 10.2. The van der Waals surface area contributed by atoms with Crippen molar-refractivity contribution >= 4 is 11.7 Å². The lowest BCUT2D eigenvalue weighted by Crippen LogP contribution is -2.13. The van der Waals surface area contributed by atoms with Crippen molar-refractivity contribution in [1.82, 2.24) is 4.98 Å². The number of ether oxygens (including phenoxy) is 2. The summed E-state index contributed by atoms with van der Waals surface area (Å²) in [5.74, 6) is 1.36. The van der Waals surface area contributed by atoms with Gasteiger partial charge in [0.05, 0.1) is 14.2 Å². The second kappa shape index (κ2) is 5.86. The third-order valence-corrected chi connectivity index (χ3v) is 2.57. The molecule has 0 saturated carbocycles. The Labute approximate surface area is 111 Å². The Morgan fingerprint density at radius 1 is 1.11 bits per heavy atom. The fourth-order valence-corrected chi connectivity index (χ4v) is 1.57. The van der Waals surface area contributed by atoms with E-state index in [9.17, 15) is 4.79 Å². The number of hydrogen-bond acceptors (Lipinski definition) is 4. The predicted molar refractivity (Wildman–Crippen MR) is 71.7 cm³/mol. The van der Waals surface area contributed by atoms with Gasteiger partial charge in [0.2, 0.25) is 0 Å². The molecule has 5 nitrogen and oxygen atoms in total. The van der Waals surface area contributed by atoms with Crippen LogP contribution in [-0.4, -0.2) is 25.1 Å². The van der Waals surface area contributed by atoms with Crippen LogP contribution in [0.25, 0.3) is 0 Å². The monoisotopic (exact) mass is 258 g/mol. The van der Waals surface area contributed by atoms with Crippen LogP contribution in [-0.2, 0) is 0 Å². The van der Waals surface area contributed by atoms with Crippen LogP contribution >= 0.6 is 0 Å². The van der Waals surface area contributed by atoms with Crippen LogP contribution < -0.4 is 14.8 Å². The number of hydrogen-bond donors (Lipinski definition) is 1. The molecular weight excluding hydrogens is 244 g/mol. The molecule has 19 heavy (non-hydrogen) atoms. The molecule has 1 heterocycles. The summed E-state index contributed by atoms with van der Waals surface area (Å²) in [7, 11) is 3.11. The van der Waals surface area contributed by atoms with E-state index in [4.69, 9.17) is 9.47 Å². The zero-order valence-electron chi connectivity index (χ0n) is 10.7. The van der Waals surface area contributed by atoms with Gasteiger partial charge in [-0.05, 0) is 36.4 Å². The average Bonchev–Trinajstić information content (AvgIpc) is 2.48. The number of aromatic nitrogens is 1. The number of pyridine rings is 1. The minimum absolute atomic E-state index is 0.250. The molecule has 1 aromatic heterocycles. The molecule has 0 bridgehead atoms. The lowest BCUT2D eigenvalue weighted by Gasteiger charge is -2.08. The summed E-state index contributed by atoms with van der Waals surface area (Å²) in [5, 5.41) is 2.70. The maximum atomic E-state index is 12.0. The molecule has 0 radical (unpaired) electrons. The first-order valence-corrected chi connectivity index (χ1v) is 5.69. The summed E-state index contributed by atoms with van der Waals surface area (Å²) in [4.78, 5) is 16.1. The topological polar surface area (TPSA) is 60.5 Å². The van der Waals surface area contributed by atoms with Gasteiger partial charge in [-0.2, -0.15) is 0 Å². The molecule has 0 aliphatic rings. The molecule has 2 rings (SSSR count). The number of nitrogens with one attached hydrogen (secondary N) is 1. The second-order valence-electron chi connectivity index (χ2n) is 3.74. The Balaban J connectivity index is 2.16. The van der Waals surface area contributed by atoms with Gasteiger partial charge in [0.15, 0.2) is 11.6 Å². The molecular formula is C14H14N2O3. The highest BCUT2D eigenvalue weighted by Gasteiger charge is 2.10. The van der Waals surface area contributed by atoms with Crippen molar-refractivity contribution < 1.29 is 14.3 Å². The molecule has 1 amide bonds. The van der Waals surface area contributed by atoms with E-state index in [1.54, 1.807) is 49.7 Å². The number of anilines is 1. The largest absolute Gasteiger partial charge is 0.497 e. The lowest BCUT2D eigenvalue weighted by atomic mass is 10.2. The maximum absolute atomic E-state index is 12.0. The van der Waals surface area contributed by atoms with Crippen molar-refractivity contribution in [2.45, 2.75) is 0 Å². The van der Waals surface area contributed by atoms with E-state index in [1.807, 2.05) is 0 Å². The van der Waals surface area contributed by atoms with Crippen molar-refractivity contribution in [3.63, 3.8) is 0 Å². The van der Waals surface area contributed by atoms with E-state index in [-0.39, 0.29) is 5.91 Å². The van der Waals surface area contributed by atoms with E-state index >= 15 is 0 Å². The molecule has 0 aliphatic carbocycles. The van der Waals surface area contributed by atoms with Gasteiger partial charge in [-0.1, -0.05) is 0 Å². The number of carbonyl (C=O) groups excluding carboxylic acids is 1. The van der Waals surface area contributed by atoms with Gasteiger partial charge < -0.3 is 14.8 Å². The van der Waals surface area contributed by atoms with Crippen LogP contribution in [0, 0.1) is 0 Å². The summed E-state index contributed by atoms with van der Waals surface area (Å²) in [6.45, 7) is 0. The third kappa shape index (κ3) is 3.01. The molecule has 1 N–H and O–H groups in total. The molecule has 2 aromatic rings. The van der Waals surface area contributed by atoms with Crippen LogP contribution in [0.3, 0.4) is 0 Å². The molecule has 98 valence electrons. The van der Waals surface area contributed by atoms with Gasteiger partial charge in [-0.25, -0.2) is 4.98 Å². The molecule has 5 heteroatoms. The van der Waals surface area contributed by atoms with Gasteiger partial charge in [-0.3, -0.25) is 4.79 Å². The zero-order chi connectivity index (χ0) is 13.7. The number of rotatable bonds is 4. The summed E-state index contributed by atoms with van der Waals surface area (Å²) in [6.07, 6.45) is 1.59. The Morgan fingerprint density at radius 3 is 2.47 bits per heavy atom. The Bertz CT molecular complexity index is 567. The quantitative estimate of drug-likeness (QED) is 0.914. The Morgan fingerprint density at radius 2 is 1.84 bits per heavy atom. The van der Waals surface area contributed by atoms with E-state index in [1.165, 1.54) is 7.11 Å². The van der Waals surface area contributed by atoms with Crippen molar-refractivity contribution in [2.24, 2.45) is 0 Å². The number of carbonyl (C=O) groups is 1. The Kier molecular flexibility index (Phi) is 3.97. The zero-order valence-corrected chi connectivity index (χ0v) is 10.7. The van der Waals surface area contributed by atoms with Gasteiger partial charge in [-0.15, -0.1) is 0 Å². The first-order chi connectivity index (χ1) is 9.24. The maximum Gasteiger partial charge on any atom is 0.256 e. The first kappa shape index (κ1) is 12.9.